The average molecular weight is 311 g/mol. The second kappa shape index (κ2) is 5.20. The van der Waals surface area contributed by atoms with Crippen molar-refractivity contribution in [1.29, 1.82) is 0 Å². The fourth-order valence-electron chi connectivity index (χ4n) is 3.39. The zero-order valence-electron chi connectivity index (χ0n) is 13.6. The van der Waals surface area contributed by atoms with E-state index in [4.69, 9.17) is 14.7 Å². The molecule has 1 fully saturated rings. The first kappa shape index (κ1) is 14.5. The van der Waals surface area contributed by atoms with Crippen molar-refractivity contribution in [1.82, 2.24) is 10.1 Å². The van der Waals surface area contributed by atoms with Gasteiger partial charge in [-0.25, -0.2) is 0 Å². The lowest BCUT2D eigenvalue weighted by Crippen LogP contribution is -2.34. The van der Waals surface area contributed by atoms with Gasteiger partial charge in [-0.05, 0) is 49.9 Å². The van der Waals surface area contributed by atoms with Gasteiger partial charge in [-0.15, -0.1) is 0 Å². The number of hydrogen-bond acceptors (Lipinski definition) is 5. The Bertz CT molecular complexity index is 856. The van der Waals surface area contributed by atoms with Crippen LogP contribution in [-0.2, 0) is 12.0 Å². The predicted molar refractivity (Wildman–Crippen MR) is 87.1 cm³/mol. The number of fused-ring (bicyclic) bond motifs is 1. The molecule has 5 nitrogen and oxygen atoms in total. The summed E-state index contributed by atoms with van der Waals surface area (Å²) < 4.78 is 11.1. The molecular formula is C18H21N3O2. The molecule has 120 valence electrons. The molecule has 1 aliphatic rings. The van der Waals surface area contributed by atoms with Crippen LogP contribution in [0.25, 0.3) is 11.0 Å². The van der Waals surface area contributed by atoms with Crippen molar-refractivity contribution < 1.29 is 8.94 Å². The number of furan rings is 1. The highest BCUT2D eigenvalue weighted by atomic mass is 16.5. The molecule has 2 heterocycles. The fourth-order valence-corrected chi connectivity index (χ4v) is 3.39. The number of rotatable bonds is 3. The molecule has 4 rings (SSSR count). The highest BCUT2D eigenvalue weighted by Crippen LogP contribution is 2.35. The minimum Gasteiger partial charge on any atom is -0.464 e. The molecule has 0 atom stereocenters. The molecular weight excluding hydrogens is 290 g/mol. The van der Waals surface area contributed by atoms with Crippen LogP contribution in [0.1, 0.15) is 54.1 Å². The summed E-state index contributed by atoms with van der Waals surface area (Å²) in [5, 5.41) is 5.23. The van der Waals surface area contributed by atoms with Crippen LogP contribution in [0.5, 0.6) is 0 Å². The monoisotopic (exact) mass is 311 g/mol. The normalized spacial score (nSPS) is 17.2. The van der Waals surface area contributed by atoms with Crippen LogP contribution < -0.4 is 5.73 Å². The Labute approximate surface area is 134 Å². The second-order valence-electron chi connectivity index (χ2n) is 6.75. The molecule has 0 bridgehead atoms. The SMILES string of the molecule is Cc1cc2occ(Cc3nc(C4(N)CCCC4)no3)c2cc1C. The first-order valence-electron chi connectivity index (χ1n) is 8.14. The molecule has 1 aromatic carbocycles. The van der Waals surface area contributed by atoms with Crippen molar-refractivity contribution in [2.24, 2.45) is 5.73 Å². The third-order valence-electron chi connectivity index (χ3n) is 5.02. The molecule has 0 saturated heterocycles. The van der Waals surface area contributed by atoms with Crippen LogP contribution in [0.2, 0.25) is 0 Å². The van der Waals surface area contributed by atoms with E-state index in [0.29, 0.717) is 18.1 Å². The standard InChI is InChI=1S/C18H21N3O2/c1-11-7-14-13(10-22-15(14)8-12(11)2)9-16-20-17(21-23-16)18(19)5-3-4-6-18/h7-8,10H,3-6,9,19H2,1-2H3. The summed E-state index contributed by atoms with van der Waals surface area (Å²) in [7, 11) is 0. The summed E-state index contributed by atoms with van der Waals surface area (Å²) in [6.07, 6.45) is 6.47. The summed E-state index contributed by atoms with van der Waals surface area (Å²) in [6.45, 7) is 4.19. The average Bonchev–Trinajstić information content (AvgIpc) is 3.23. The molecule has 5 heteroatoms. The Balaban J connectivity index is 1.64. The van der Waals surface area contributed by atoms with Crippen molar-refractivity contribution >= 4 is 11.0 Å². The minimum atomic E-state index is -0.409. The Morgan fingerprint density at radius 1 is 1.17 bits per heavy atom. The van der Waals surface area contributed by atoms with E-state index in [0.717, 1.165) is 42.2 Å². The topological polar surface area (TPSA) is 78.1 Å². The molecule has 1 aliphatic carbocycles. The Morgan fingerprint density at radius 2 is 1.91 bits per heavy atom. The first-order valence-corrected chi connectivity index (χ1v) is 8.14. The number of benzene rings is 1. The van der Waals surface area contributed by atoms with E-state index in [2.05, 4.69) is 36.1 Å². The highest BCUT2D eigenvalue weighted by molar-refractivity contribution is 5.82. The van der Waals surface area contributed by atoms with E-state index in [1.807, 2.05) is 0 Å². The quantitative estimate of drug-likeness (QED) is 0.797. The summed E-state index contributed by atoms with van der Waals surface area (Å²) >= 11 is 0. The van der Waals surface area contributed by atoms with Gasteiger partial charge in [-0.1, -0.05) is 18.0 Å². The molecule has 0 unspecified atom stereocenters. The van der Waals surface area contributed by atoms with Crippen LogP contribution in [-0.4, -0.2) is 10.1 Å². The molecule has 1 saturated carbocycles. The molecule has 2 aromatic heterocycles. The van der Waals surface area contributed by atoms with E-state index in [1.165, 1.54) is 11.1 Å². The van der Waals surface area contributed by atoms with E-state index in [-0.39, 0.29) is 0 Å². The van der Waals surface area contributed by atoms with Crippen molar-refractivity contribution in [2.45, 2.75) is 51.5 Å². The molecule has 0 spiro atoms. The smallest absolute Gasteiger partial charge is 0.231 e. The summed E-state index contributed by atoms with van der Waals surface area (Å²) in [5.41, 5.74) is 10.4. The van der Waals surface area contributed by atoms with E-state index in [9.17, 15) is 0 Å². The molecule has 0 aliphatic heterocycles. The van der Waals surface area contributed by atoms with Gasteiger partial charge in [0.05, 0.1) is 18.2 Å². The Kier molecular flexibility index (Phi) is 3.27. The fraction of sp³-hybridized carbons (Fsp3) is 0.444. The van der Waals surface area contributed by atoms with Crippen molar-refractivity contribution in [2.75, 3.05) is 0 Å². The molecule has 0 amide bonds. The molecule has 2 N–H and O–H groups in total. The third-order valence-corrected chi connectivity index (χ3v) is 5.02. The number of nitrogens with zero attached hydrogens (tertiary/aromatic N) is 2. The van der Waals surface area contributed by atoms with Gasteiger partial charge >= 0.3 is 0 Å². The van der Waals surface area contributed by atoms with Crippen molar-refractivity contribution in [3.8, 4) is 0 Å². The lowest BCUT2D eigenvalue weighted by molar-refractivity contribution is 0.352. The molecule has 3 aromatic rings. The maximum absolute atomic E-state index is 6.39. The van der Waals surface area contributed by atoms with Crippen LogP contribution in [0, 0.1) is 13.8 Å². The second-order valence-corrected chi connectivity index (χ2v) is 6.75. The Hall–Kier alpha value is -2.14. The molecule has 23 heavy (non-hydrogen) atoms. The minimum absolute atomic E-state index is 0.409. The lowest BCUT2D eigenvalue weighted by atomic mass is 9.98. The first-order chi connectivity index (χ1) is 11.0. The third kappa shape index (κ3) is 2.45. The van der Waals surface area contributed by atoms with E-state index in [1.54, 1.807) is 6.26 Å². The van der Waals surface area contributed by atoms with Crippen LogP contribution >= 0.6 is 0 Å². The molecule has 0 radical (unpaired) electrons. The zero-order valence-corrected chi connectivity index (χ0v) is 13.6. The maximum atomic E-state index is 6.39. The predicted octanol–water partition coefficient (Wildman–Crippen LogP) is 3.75. The van der Waals surface area contributed by atoms with Crippen LogP contribution in [0.4, 0.5) is 0 Å². The number of nitrogens with two attached hydrogens (primary N) is 1. The van der Waals surface area contributed by atoms with Gasteiger partial charge in [-0.3, -0.25) is 0 Å². The van der Waals surface area contributed by atoms with Gasteiger partial charge < -0.3 is 14.7 Å². The van der Waals surface area contributed by atoms with E-state index < -0.39 is 5.54 Å². The van der Waals surface area contributed by atoms with Gasteiger partial charge in [0.25, 0.3) is 0 Å². The van der Waals surface area contributed by atoms with Gasteiger partial charge in [0, 0.05) is 10.9 Å². The van der Waals surface area contributed by atoms with Crippen LogP contribution in [0.3, 0.4) is 0 Å². The van der Waals surface area contributed by atoms with Gasteiger partial charge in [0.2, 0.25) is 5.89 Å². The van der Waals surface area contributed by atoms with E-state index >= 15 is 0 Å². The van der Waals surface area contributed by atoms with Crippen molar-refractivity contribution in [3.63, 3.8) is 0 Å². The zero-order chi connectivity index (χ0) is 16.0. The van der Waals surface area contributed by atoms with Gasteiger partial charge in [-0.2, -0.15) is 4.98 Å². The summed E-state index contributed by atoms with van der Waals surface area (Å²) in [4.78, 5) is 4.54. The lowest BCUT2D eigenvalue weighted by Gasteiger charge is -2.17. The van der Waals surface area contributed by atoms with Crippen LogP contribution in [0.15, 0.2) is 27.3 Å². The number of aromatic nitrogens is 2. The number of aryl methyl sites for hydroxylation is 2. The largest absolute Gasteiger partial charge is 0.464 e. The van der Waals surface area contributed by atoms with Crippen molar-refractivity contribution in [3.05, 3.63) is 46.8 Å². The van der Waals surface area contributed by atoms with Gasteiger partial charge in [0.15, 0.2) is 5.82 Å². The van der Waals surface area contributed by atoms with Gasteiger partial charge in [0.1, 0.15) is 5.58 Å². The summed E-state index contributed by atoms with van der Waals surface area (Å²) in [5.74, 6) is 1.24. The number of hydrogen-bond donors (Lipinski definition) is 1. The Morgan fingerprint density at radius 3 is 2.70 bits per heavy atom. The maximum Gasteiger partial charge on any atom is 0.231 e. The highest BCUT2D eigenvalue weighted by Gasteiger charge is 2.36. The summed E-state index contributed by atoms with van der Waals surface area (Å²) in [6, 6.07) is 4.23.